The Balaban J connectivity index is 2.48. The van der Waals surface area contributed by atoms with Gasteiger partial charge in [0.25, 0.3) is 0 Å². The van der Waals surface area contributed by atoms with Crippen LogP contribution < -0.4 is 0 Å². The summed E-state index contributed by atoms with van der Waals surface area (Å²) in [6.45, 7) is 4.00. The lowest BCUT2D eigenvalue weighted by Gasteiger charge is -2.15. The van der Waals surface area contributed by atoms with Crippen molar-refractivity contribution in [3.8, 4) is 0 Å². The van der Waals surface area contributed by atoms with Crippen LogP contribution in [0.1, 0.15) is 26.7 Å². The van der Waals surface area contributed by atoms with Gasteiger partial charge in [0.2, 0.25) is 0 Å². The Kier molecular flexibility index (Phi) is 2.58. The van der Waals surface area contributed by atoms with Gasteiger partial charge in [0.05, 0.1) is 17.6 Å². The quantitative estimate of drug-likeness (QED) is 0.662. The lowest BCUT2D eigenvalue weighted by molar-refractivity contribution is 0.137. The zero-order chi connectivity index (χ0) is 8.27. The van der Waals surface area contributed by atoms with Gasteiger partial charge in [-0.3, -0.25) is 0 Å². The normalized spacial score (nSPS) is 17.7. The maximum absolute atomic E-state index is 9.02. The van der Waals surface area contributed by atoms with Gasteiger partial charge in [-0.25, -0.2) is 0 Å². The molecule has 1 rings (SSSR count). The first-order valence-electron chi connectivity index (χ1n) is 3.94. The van der Waals surface area contributed by atoms with E-state index in [-0.39, 0.29) is 6.10 Å². The summed E-state index contributed by atoms with van der Waals surface area (Å²) in [6.07, 6.45) is 5.29. The molecule has 0 spiro atoms. The summed E-state index contributed by atoms with van der Waals surface area (Å²) in [5, 5.41) is 9.02. The van der Waals surface area contributed by atoms with Crippen molar-refractivity contribution in [3.05, 3.63) is 23.7 Å². The van der Waals surface area contributed by atoms with Gasteiger partial charge in [-0.15, -0.1) is 0 Å². The van der Waals surface area contributed by atoms with Crippen LogP contribution in [0.2, 0.25) is 0 Å². The van der Waals surface area contributed by atoms with E-state index >= 15 is 0 Å². The van der Waals surface area contributed by atoms with E-state index in [1.54, 1.807) is 6.08 Å². The highest BCUT2D eigenvalue weighted by Gasteiger charge is 2.06. The van der Waals surface area contributed by atoms with Crippen LogP contribution in [0.15, 0.2) is 23.7 Å². The highest BCUT2D eigenvalue weighted by atomic mass is 16.5. The molecule has 0 aromatic rings. The van der Waals surface area contributed by atoms with Gasteiger partial charge < -0.3 is 9.84 Å². The van der Waals surface area contributed by atoms with Crippen molar-refractivity contribution in [2.45, 2.75) is 32.8 Å². The van der Waals surface area contributed by atoms with Crippen LogP contribution in [0.4, 0.5) is 0 Å². The summed E-state index contributed by atoms with van der Waals surface area (Å²) in [5.74, 6) is 1.42. The second kappa shape index (κ2) is 3.46. The predicted molar refractivity (Wildman–Crippen MR) is 44.2 cm³/mol. The monoisotopic (exact) mass is 154 g/mol. The van der Waals surface area contributed by atoms with E-state index < -0.39 is 0 Å². The van der Waals surface area contributed by atoms with Crippen LogP contribution in [0.25, 0.3) is 0 Å². The molecular weight excluding hydrogens is 140 g/mol. The minimum atomic E-state index is 0.231. The third-order valence-electron chi connectivity index (χ3n) is 1.48. The minimum Gasteiger partial charge on any atom is -0.512 e. The molecule has 0 aliphatic heterocycles. The van der Waals surface area contributed by atoms with Gasteiger partial charge in [-0.2, -0.15) is 0 Å². The molecule has 0 bridgehead atoms. The van der Waals surface area contributed by atoms with Crippen LogP contribution in [-0.4, -0.2) is 11.2 Å². The van der Waals surface area contributed by atoms with Crippen LogP contribution in [0.3, 0.4) is 0 Å². The largest absolute Gasteiger partial charge is 0.512 e. The van der Waals surface area contributed by atoms with E-state index in [9.17, 15) is 0 Å². The maximum atomic E-state index is 9.02. The summed E-state index contributed by atoms with van der Waals surface area (Å²) in [4.78, 5) is 0. The third kappa shape index (κ3) is 2.66. The molecule has 0 unspecified atom stereocenters. The summed E-state index contributed by atoms with van der Waals surface area (Å²) in [5.41, 5.74) is 0. The summed E-state index contributed by atoms with van der Waals surface area (Å²) in [6, 6.07) is 0. The molecule has 0 saturated carbocycles. The van der Waals surface area contributed by atoms with Crippen molar-refractivity contribution in [1.29, 1.82) is 0 Å². The van der Waals surface area contributed by atoms with Crippen molar-refractivity contribution in [3.63, 3.8) is 0 Å². The van der Waals surface area contributed by atoms with E-state index in [0.29, 0.717) is 12.2 Å². The van der Waals surface area contributed by atoms with Crippen LogP contribution in [0.5, 0.6) is 0 Å². The second-order valence-electron chi connectivity index (χ2n) is 2.96. The Labute approximate surface area is 67.2 Å². The van der Waals surface area contributed by atoms with E-state index in [0.717, 1.165) is 12.2 Å². The minimum absolute atomic E-state index is 0.231. The predicted octanol–water partition coefficient (Wildman–Crippen LogP) is 2.53. The Morgan fingerprint density at radius 1 is 1.36 bits per heavy atom. The van der Waals surface area contributed by atoms with Crippen molar-refractivity contribution >= 4 is 0 Å². The highest BCUT2D eigenvalue weighted by molar-refractivity contribution is 5.16. The Morgan fingerprint density at radius 3 is 2.55 bits per heavy atom. The zero-order valence-corrected chi connectivity index (χ0v) is 7.00. The molecule has 1 N–H and O–H groups in total. The standard InChI is InChI=1S/C9H14O2/c1-7(2)11-9-5-3-8(10)4-6-9/h3,5,7,10H,4,6H2,1-2H3. The summed E-state index contributed by atoms with van der Waals surface area (Å²) >= 11 is 0. The first-order chi connectivity index (χ1) is 5.18. The van der Waals surface area contributed by atoms with Crippen molar-refractivity contribution < 1.29 is 9.84 Å². The molecule has 0 fully saturated rings. The van der Waals surface area contributed by atoms with E-state index in [1.807, 2.05) is 19.9 Å². The van der Waals surface area contributed by atoms with Crippen LogP contribution in [-0.2, 0) is 4.74 Å². The molecule has 0 aromatic heterocycles. The molecule has 0 heterocycles. The van der Waals surface area contributed by atoms with E-state index in [2.05, 4.69) is 0 Å². The molecule has 1 aliphatic carbocycles. The summed E-state index contributed by atoms with van der Waals surface area (Å²) in [7, 11) is 0. The molecule has 2 heteroatoms. The lowest BCUT2D eigenvalue weighted by atomic mass is 10.1. The molecule has 1 aliphatic rings. The molecule has 0 radical (unpaired) electrons. The second-order valence-corrected chi connectivity index (χ2v) is 2.96. The molecule has 0 saturated heterocycles. The highest BCUT2D eigenvalue weighted by Crippen LogP contribution is 2.18. The van der Waals surface area contributed by atoms with Gasteiger partial charge in [0, 0.05) is 12.8 Å². The van der Waals surface area contributed by atoms with Crippen LogP contribution >= 0.6 is 0 Å². The Morgan fingerprint density at radius 2 is 2.09 bits per heavy atom. The maximum Gasteiger partial charge on any atom is 0.0969 e. The molecule has 2 nitrogen and oxygen atoms in total. The van der Waals surface area contributed by atoms with Crippen LogP contribution in [0, 0.1) is 0 Å². The molecule has 62 valence electrons. The number of hydrogen-bond acceptors (Lipinski definition) is 2. The number of allylic oxidation sites excluding steroid dienone is 4. The number of hydrogen-bond donors (Lipinski definition) is 1. The molecule has 0 amide bonds. The molecular formula is C9H14O2. The fourth-order valence-electron chi connectivity index (χ4n) is 1.01. The number of aliphatic hydroxyl groups is 1. The average molecular weight is 154 g/mol. The smallest absolute Gasteiger partial charge is 0.0969 e. The topological polar surface area (TPSA) is 29.5 Å². The average Bonchev–Trinajstić information content (AvgIpc) is 1.93. The third-order valence-corrected chi connectivity index (χ3v) is 1.48. The molecule has 11 heavy (non-hydrogen) atoms. The Bertz CT molecular complexity index is 190. The number of rotatable bonds is 2. The number of ether oxygens (including phenoxy) is 1. The van der Waals surface area contributed by atoms with Crippen molar-refractivity contribution in [2.75, 3.05) is 0 Å². The van der Waals surface area contributed by atoms with E-state index in [1.165, 1.54) is 0 Å². The molecule has 0 atom stereocenters. The number of aliphatic hydroxyl groups excluding tert-OH is 1. The fraction of sp³-hybridized carbons (Fsp3) is 0.556. The van der Waals surface area contributed by atoms with Gasteiger partial charge in [-0.1, -0.05) is 0 Å². The van der Waals surface area contributed by atoms with Gasteiger partial charge in [-0.05, 0) is 26.0 Å². The first kappa shape index (κ1) is 8.18. The first-order valence-corrected chi connectivity index (χ1v) is 3.94. The fourth-order valence-corrected chi connectivity index (χ4v) is 1.01. The Hall–Kier alpha value is -0.920. The zero-order valence-electron chi connectivity index (χ0n) is 7.00. The van der Waals surface area contributed by atoms with Gasteiger partial charge in [0.15, 0.2) is 0 Å². The van der Waals surface area contributed by atoms with E-state index in [4.69, 9.17) is 9.84 Å². The molecule has 0 aromatic carbocycles. The summed E-state index contributed by atoms with van der Waals surface area (Å²) < 4.78 is 5.44. The van der Waals surface area contributed by atoms with Crippen molar-refractivity contribution in [1.82, 2.24) is 0 Å². The lowest BCUT2D eigenvalue weighted by Crippen LogP contribution is -2.04. The van der Waals surface area contributed by atoms with Crippen molar-refractivity contribution in [2.24, 2.45) is 0 Å². The van der Waals surface area contributed by atoms with Gasteiger partial charge >= 0.3 is 0 Å². The van der Waals surface area contributed by atoms with Gasteiger partial charge in [0.1, 0.15) is 0 Å². The SMILES string of the molecule is CC(C)OC1=CC=C(O)CC1.